The Hall–Kier alpha value is -2.75. The zero-order chi connectivity index (χ0) is 23.7. The summed E-state index contributed by atoms with van der Waals surface area (Å²) in [5.41, 5.74) is 2.33. The van der Waals surface area contributed by atoms with E-state index in [1.807, 2.05) is 29.9 Å². The van der Waals surface area contributed by atoms with Crippen molar-refractivity contribution in [2.45, 2.75) is 36.5 Å². The van der Waals surface area contributed by atoms with E-state index in [2.05, 4.69) is 14.8 Å². The molecule has 34 heavy (non-hydrogen) atoms. The fourth-order valence-electron chi connectivity index (χ4n) is 4.91. The molecular formula is C25H29FN4O3S. The number of nitrogens with one attached hydrogen (secondary N) is 1. The van der Waals surface area contributed by atoms with Gasteiger partial charge in [0.2, 0.25) is 10.0 Å². The van der Waals surface area contributed by atoms with Crippen LogP contribution in [0.5, 0.6) is 0 Å². The summed E-state index contributed by atoms with van der Waals surface area (Å²) < 4.78 is 49.0. The van der Waals surface area contributed by atoms with Crippen molar-refractivity contribution < 1.29 is 17.3 Å². The smallest absolute Gasteiger partial charge is 0.241 e. The first-order valence-corrected chi connectivity index (χ1v) is 13.2. The van der Waals surface area contributed by atoms with Crippen LogP contribution in [0.15, 0.2) is 58.1 Å². The van der Waals surface area contributed by atoms with Crippen LogP contribution in [-0.2, 0) is 17.1 Å². The average molecular weight is 485 g/mol. The van der Waals surface area contributed by atoms with Crippen LogP contribution in [0.2, 0.25) is 0 Å². The first-order chi connectivity index (χ1) is 16.4. The van der Waals surface area contributed by atoms with E-state index in [9.17, 15) is 12.8 Å². The van der Waals surface area contributed by atoms with E-state index < -0.39 is 10.0 Å². The van der Waals surface area contributed by atoms with Crippen molar-refractivity contribution >= 4 is 31.9 Å². The number of benzene rings is 2. The molecule has 1 N–H and O–H groups in total. The number of sulfonamides is 1. The van der Waals surface area contributed by atoms with Gasteiger partial charge < -0.3 is 14.0 Å². The molecule has 0 unspecified atom stereocenters. The second-order valence-corrected chi connectivity index (χ2v) is 10.8. The van der Waals surface area contributed by atoms with Crippen LogP contribution in [0.25, 0.3) is 21.9 Å². The summed E-state index contributed by atoms with van der Waals surface area (Å²) >= 11 is 0. The lowest BCUT2D eigenvalue weighted by Gasteiger charge is -2.31. The van der Waals surface area contributed by atoms with Gasteiger partial charge in [-0.25, -0.2) is 17.5 Å². The fourth-order valence-corrected chi connectivity index (χ4v) is 6.20. The number of aryl methyl sites for hydroxylation is 1. The van der Waals surface area contributed by atoms with Crippen molar-refractivity contribution in [3.8, 4) is 0 Å². The molecule has 2 aromatic carbocycles. The van der Waals surface area contributed by atoms with Crippen molar-refractivity contribution in [3.05, 3.63) is 60.2 Å². The number of halogens is 1. The molecule has 0 atom stereocenters. The Labute approximate surface area is 198 Å². The van der Waals surface area contributed by atoms with E-state index >= 15 is 0 Å². The van der Waals surface area contributed by atoms with Crippen molar-refractivity contribution in [1.29, 1.82) is 0 Å². The van der Waals surface area contributed by atoms with Crippen LogP contribution >= 0.6 is 0 Å². The summed E-state index contributed by atoms with van der Waals surface area (Å²) in [5, 5.41) is 5.86. The number of likely N-dealkylation sites (tertiary alicyclic amines) is 1. The molecule has 0 bridgehead atoms. The molecule has 0 amide bonds. The van der Waals surface area contributed by atoms with E-state index in [0.717, 1.165) is 67.3 Å². The number of rotatable bonds is 8. The van der Waals surface area contributed by atoms with Crippen LogP contribution in [0, 0.1) is 5.82 Å². The highest BCUT2D eigenvalue weighted by Crippen LogP contribution is 2.32. The number of piperidine rings is 1. The van der Waals surface area contributed by atoms with Crippen LogP contribution in [0.4, 0.5) is 4.39 Å². The molecule has 7 nitrogen and oxygen atoms in total. The number of hydrogen-bond acceptors (Lipinski definition) is 5. The molecule has 1 aliphatic heterocycles. The number of fused-ring (bicyclic) bond motifs is 2. The zero-order valence-electron chi connectivity index (χ0n) is 19.2. The monoisotopic (exact) mass is 484 g/mol. The second kappa shape index (κ2) is 9.48. The summed E-state index contributed by atoms with van der Waals surface area (Å²) in [6.45, 7) is 3.28. The third-order valence-corrected chi connectivity index (χ3v) is 8.33. The van der Waals surface area contributed by atoms with Gasteiger partial charge in [0, 0.05) is 48.1 Å². The van der Waals surface area contributed by atoms with Gasteiger partial charge in [0.25, 0.3) is 0 Å². The van der Waals surface area contributed by atoms with E-state index in [4.69, 9.17) is 4.52 Å². The topological polar surface area (TPSA) is 80.4 Å². The van der Waals surface area contributed by atoms with Gasteiger partial charge in [-0.2, -0.15) is 0 Å². The first kappa shape index (κ1) is 23.0. The highest BCUT2D eigenvalue weighted by Gasteiger charge is 2.25. The van der Waals surface area contributed by atoms with Gasteiger partial charge in [-0.3, -0.25) is 0 Å². The molecule has 0 aliphatic carbocycles. The third-order valence-electron chi connectivity index (χ3n) is 6.81. The number of hydrogen-bond donors (Lipinski definition) is 1. The average Bonchev–Trinajstić information content (AvgIpc) is 3.42. The summed E-state index contributed by atoms with van der Waals surface area (Å²) in [7, 11) is -1.64. The Kier molecular flexibility index (Phi) is 6.42. The van der Waals surface area contributed by atoms with Gasteiger partial charge in [0.1, 0.15) is 5.82 Å². The molecule has 1 fully saturated rings. The Morgan fingerprint density at radius 3 is 2.76 bits per heavy atom. The quantitative estimate of drug-likeness (QED) is 0.375. The van der Waals surface area contributed by atoms with Crippen LogP contribution in [-0.4, -0.2) is 49.2 Å². The lowest BCUT2D eigenvalue weighted by Crippen LogP contribution is -2.34. The Balaban J connectivity index is 1.08. The fraction of sp³-hybridized carbons (Fsp3) is 0.400. The maximum Gasteiger partial charge on any atom is 0.241 e. The number of nitrogens with zero attached hydrogens (tertiary/aromatic N) is 3. The largest absolute Gasteiger partial charge is 0.356 e. The predicted octanol–water partition coefficient (Wildman–Crippen LogP) is 4.40. The maximum atomic E-state index is 13.4. The van der Waals surface area contributed by atoms with Crippen molar-refractivity contribution in [2.24, 2.45) is 7.05 Å². The molecule has 0 spiro atoms. The lowest BCUT2D eigenvalue weighted by atomic mass is 9.91. The van der Waals surface area contributed by atoms with Gasteiger partial charge >= 0.3 is 0 Å². The van der Waals surface area contributed by atoms with Gasteiger partial charge in [0.15, 0.2) is 5.58 Å². The molecule has 5 rings (SSSR count). The van der Waals surface area contributed by atoms with Gasteiger partial charge in [-0.15, -0.1) is 0 Å². The minimum atomic E-state index is -3.55. The molecule has 2 aromatic heterocycles. The van der Waals surface area contributed by atoms with Crippen molar-refractivity contribution in [1.82, 2.24) is 19.3 Å². The summed E-state index contributed by atoms with van der Waals surface area (Å²) in [6.07, 6.45) is 5.54. The van der Waals surface area contributed by atoms with Crippen molar-refractivity contribution in [2.75, 3.05) is 26.2 Å². The normalized spacial score (nSPS) is 16.1. The third kappa shape index (κ3) is 4.60. The van der Waals surface area contributed by atoms with E-state index in [1.165, 1.54) is 12.1 Å². The molecule has 1 saturated heterocycles. The molecule has 0 radical (unpaired) electrons. The van der Waals surface area contributed by atoms with E-state index in [-0.39, 0.29) is 5.82 Å². The highest BCUT2D eigenvalue weighted by molar-refractivity contribution is 7.89. The Morgan fingerprint density at radius 1 is 1.12 bits per heavy atom. The second-order valence-electron chi connectivity index (χ2n) is 9.04. The molecule has 3 heterocycles. The van der Waals surface area contributed by atoms with Gasteiger partial charge in [-0.05, 0) is 75.6 Å². The van der Waals surface area contributed by atoms with Crippen LogP contribution < -0.4 is 4.72 Å². The summed E-state index contributed by atoms with van der Waals surface area (Å²) in [4.78, 5) is 2.74. The SMILES string of the molecule is Cn1ccc2c(S(=O)(=O)NCCCCN3CCC(c4noc5cc(F)ccc45)CC3)cccc21. The summed E-state index contributed by atoms with van der Waals surface area (Å²) in [6, 6.07) is 11.8. The summed E-state index contributed by atoms with van der Waals surface area (Å²) in [5.74, 6) is -0.0000973. The number of unbranched alkanes of at least 4 members (excludes halogenated alkanes) is 1. The van der Waals surface area contributed by atoms with Crippen LogP contribution in [0.1, 0.15) is 37.3 Å². The van der Waals surface area contributed by atoms with E-state index in [1.54, 1.807) is 18.2 Å². The van der Waals surface area contributed by atoms with Gasteiger partial charge in [0.05, 0.1) is 10.6 Å². The lowest BCUT2D eigenvalue weighted by molar-refractivity contribution is 0.206. The minimum Gasteiger partial charge on any atom is -0.356 e. The Morgan fingerprint density at radius 2 is 1.94 bits per heavy atom. The first-order valence-electron chi connectivity index (χ1n) is 11.7. The van der Waals surface area contributed by atoms with Crippen molar-refractivity contribution in [3.63, 3.8) is 0 Å². The molecule has 1 aliphatic rings. The molecular weight excluding hydrogens is 455 g/mol. The molecule has 4 aromatic rings. The van der Waals surface area contributed by atoms with E-state index in [0.29, 0.717) is 22.9 Å². The number of aromatic nitrogens is 2. The minimum absolute atomic E-state index is 0.315. The highest BCUT2D eigenvalue weighted by atomic mass is 32.2. The predicted molar refractivity (Wildman–Crippen MR) is 130 cm³/mol. The van der Waals surface area contributed by atoms with Gasteiger partial charge in [-0.1, -0.05) is 11.2 Å². The molecule has 9 heteroatoms. The van der Waals surface area contributed by atoms with Crippen LogP contribution in [0.3, 0.4) is 0 Å². The molecule has 180 valence electrons. The standard InChI is InChI=1S/C25H29FN4O3S/c1-29-14-11-20-22(29)5-4-6-24(20)34(31,32)27-12-2-3-13-30-15-9-18(10-16-30)25-21-8-7-19(26)17-23(21)33-28-25/h4-8,11,14,17-18,27H,2-3,9-10,12-13,15-16H2,1H3. The molecule has 0 saturated carbocycles. The Bertz CT molecular complexity index is 1400. The maximum absolute atomic E-state index is 13.4. The zero-order valence-corrected chi connectivity index (χ0v) is 20.0.